The second-order valence-electron chi connectivity index (χ2n) is 9.11. The molecule has 6 heteroatoms. The molecule has 2 aliphatic heterocycles. The number of carbonyl (C=O) groups is 3. The Kier molecular flexibility index (Phi) is 5.02. The lowest BCUT2D eigenvalue weighted by Crippen LogP contribution is -2.24. The third-order valence-corrected chi connectivity index (χ3v) is 7.00. The summed E-state index contributed by atoms with van der Waals surface area (Å²) >= 11 is 0. The Morgan fingerprint density at radius 3 is 2.49 bits per heavy atom. The quantitative estimate of drug-likeness (QED) is 0.316. The van der Waals surface area contributed by atoms with E-state index >= 15 is 0 Å². The van der Waals surface area contributed by atoms with Gasteiger partial charge in [0.15, 0.2) is 0 Å². The summed E-state index contributed by atoms with van der Waals surface area (Å²) < 4.78 is 12.8. The Hall–Kier alpha value is -4.19. The fourth-order valence-corrected chi connectivity index (χ4v) is 5.47. The average molecular weight is 466 g/mol. The van der Waals surface area contributed by atoms with Crippen LogP contribution in [0.1, 0.15) is 30.2 Å². The average Bonchev–Trinajstić information content (AvgIpc) is 3.34. The van der Waals surface area contributed by atoms with E-state index in [0.717, 1.165) is 45.9 Å². The second kappa shape index (κ2) is 8.24. The van der Waals surface area contributed by atoms with Gasteiger partial charge in [0.05, 0.1) is 17.8 Å². The summed E-state index contributed by atoms with van der Waals surface area (Å²) in [5.74, 6) is -1.43. The molecule has 3 aromatic carbocycles. The molecule has 0 bridgehead atoms. The number of hydrogen-bond acceptors (Lipinski definition) is 5. The van der Waals surface area contributed by atoms with Crippen molar-refractivity contribution in [2.24, 2.45) is 5.92 Å². The van der Waals surface area contributed by atoms with Gasteiger partial charge < -0.3 is 14.0 Å². The summed E-state index contributed by atoms with van der Waals surface area (Å²) in [6, 6.07) is 21.5. The van der Waals surface area contributed by atoms with Crippen LogP contribution in [0.4, 0.5) is 0 Å². The minimum Gasteiger partial charge on any atom is -0.466 e. The molecular weight excluding hydrogens is 442 g/mol. The van der Waals surface area contributed by atoms with Crippen molar-refractivity contribution in [3.8, 4) is 0 Å². The molecule has 0 amide bonds. The molecular formula is C29H23NO5. The first-order valence-corrected chi connectivity index (χ1v) is 11.8. The molecule has 4 aromatic rings. The number of carbonyl (C=O) groups excluding carboxylic acids is 3. The number of hydrogen-bond donors (Lipinski definition) is 0. The van der Waals surface area contributed by atoms with Crippen LogP contribution in [0.25, 0.3) is 32.8 Å². The number of benzene rings is 3. The van der Waals surface area contributed by atoms with Crippen LogP contribution in [0.3, 0.4) is 0 Å². The zero-order chi connectivity index (χ0) is 24.1. The minimum atomic E-state index is -0.627. The van der Waals surface area contributed by atoms with Crippen molar-refractivity contribution in [3.63, 3.8) is 0 Å². The van der Waals surface area contributed by atoms with Crippen molar-refractivity contribution in [2.75, 3.05) is 6.61 Å². The Labute approximate surface area is 201 Å². The van der Waals surface area contributed by atoms with Gasteiger partial charge in [0.25, 0.3) is 0 Å². The summed E-state index contributed by atoms with van der Waals surface area (Å²) in [4.78, 5) is 37.8. The van der Waals surface area contributed by atoms with E-state index in [9.17, 15) is 14.4 Å². The van der Waals surface area contributed by atoms with Gasteiger partial charge in [0.1, 0.15) is 0 Å². The van der Waals surface area contributed by atoms with Crippen molar-refractivity contribution >= 4 is 50.7 Å². The lowest BCUT2D eigenvalue weighted by molar-refractivity contribution is -0.149. The highest BCUT2D eigenvalue weighted by Crippen LogP contribution is 2.43. The standard InChI is InChI=1S/C29H23NO5/c1-17(31)34-16-18-13-14-30-23-12-5-4-10-22(23)25(24(30)15-18)27-26(28(32)35-29(27)33)21-11-6-8-19-7-2-3-9-20(19)21/h2-12,18H,13-16H2,1H3. The number of cyclic esters (lactones) is 2. The highest BCUT2D eigenvalue weighted by atomic mass is 16.6. The second-order valence-corrected chi connectivity index (χ2v) is 9.11. The molecule has 0 aliphatic carbocycles. The molecule has 6 nitrogen and oxygen atoms in total. The van der Waals surface area contributed by atoms with E-state index < -0.39 is 11.9 Å². The van der Waals surface area contributed by atoms with Crippen LogP contribution in [0.15, 0.2) is 66.7 Å². The van der Waals surface area contributed by atoms with Crippen LogP contribution in [-0.4, -0.2) is 29.1 Å². The molecule has 174 valence electrons. The predicted octanol–water partition coefficient (Wildman–Crippen LogP) is 4.91. The zero-order valence-corrected chi connectivity index (χ0v) is 19.2. The number of aryl methyl sites for hydroxylation is 1. The molecule has 1 aromatic heterocycles. The number of esters is 3. The largest absolute Gasteiger partial charge is 0.466 e. The Morgan fingerprint density at radius 2 is 1.66 bits per heavy atom. The van der Waals surface area contributed by atoms with E-state index in [1.54, 1.807) is 0 Å². The number of ether oxygens (including phenoxy) is 2. The molecule has 0 saturated heterocycles. The van der Waals surface area contributed by atoms with Crippen LogP contribution in [-0.2, 0) is 36.8 Å². The number of aromatic nitrogens is 1. The smallest absolute Gasteiger partial charge is 0.347 e. The molecule has 35 heavy (non-hydrogen) atoms. The van der Waals surface area contributed by atoms with Gasteiger partial charge >= 0.3 is 17.9 Å². The number of para-hydroxylation sites is 1. The van der Waals surface area contributed by atoms with E-state index in [0.29, 0.717) is 29.7 Å². The van der Waals surface area contributed by atoms with E-state index in [1.165, 1.54) is 6.92 Å². The Morgan fingerprint density at radius 1 is 0.943 bits per heavy atom. The van der Waals surface area contributed by atoms with Crippen LogP contribution in [0, 0.1) is 5.92 Å². The first-order chi connectivity index (χ1) is 17.0. The van der Waals surface area contributed by atoms with Gasteiger partial charge in [-0.2, -0.15) is 0 Å². The maximum absolute atomic E-state index is 13.2. The topological polar surface area (TPSA) is 74.6 Å². The summed E-state index contributed by atoms with van der Waals surface area (Å²) in [6.07, 6.45) is 1.49. The highest BCUT2D eigenvalue weighted by Gasteiger charge is 2.39. The maximum Gasteiger partial charge on any atom is 0.347 e. The monoisotopic (exact) mass is 465 g/mol. The van der Waals surface area contributed by atoms with Gasteiger partial charge in [-0.05, 0) is 35.2 Å². The van der Waals surface area contributed by atoms with Gasteiger partial charge in [-0.1, -0.05) is 60.7 Å². The van der Waals surface area contributed by atoms with Crippen LogP contribution in [0.2, 0.25) is 0 Å². The highest BCUT2D eigenvalue weighted by molar-refractivity contribution is 6.47. The lowest BCUT2D eigenvalue weighted by Gasteiger charge is -2.25. The number of rotatable bonds is 4. The van der Waals surface area contributed by atoms with Crippen molar-refractivity contribution < 1.29 is 23.9 Å². The summed E-state index contributed by atoms with van der Waals surface area (Å²) in [5.41, 5.74) is 4.02. The molecule has 0 spiro atoms. The molecule has 0 N–H and O–H groups in total. The maximum atomic E-state index is 13.2. The predicted molar refractivity (Wildman–Crippen MR) is 132 cm³/mol. The van der Waals surface area contributed by atoms with Crippen molar-refractivity contribution in [1.82, 2.24) is 4.57 Å². The van der Waals surface area contributed by atoms with E-state index in [-0.39, 0.29) is 11.9 Å². The molecule has 6 rings (SSSR count). The molecule has 2 aliphatic rings. The van der Waals surface area contributed by atoms with E-state index in [2.05, 4.69) is 4.57 Å². The lowest BCUT2D eigenvalue weighted by atomic mass is 9.88. The normalized spacial score (nSPS) is 17.7. The molecule has 0 saturated carbocycles. The SMILES string of the molecule is CC(=O)OCC1CCn2c(c(C3=C(c4cccc5ccccc45)C(=O)OC3=O)c3ccccc32)C1. The molecule has 1 atom stereocenters. The first kappa shape index (κ1) is 21.4. The van der Waals surface area contributed by atoms with Gasteiger partial charge in [-0.3, -0.25) is 4.79 Å². The fourth-order valence-electron chi connectivity index (χ4n) is 5.47. The van der Waals surface area contributed by atoms with Gasteiger partial charge in [-0.25, -0.2) is 9.59 Å². The van der Waals surface area contributed by atoms with Crippen LogP contribution >= 0.6 is 0 Å². The summed E-state index contributed by atoms with van der Waals surface area (Å²) in [7, 11) is 0. The van der Waals surface area contributed by atoms with E-state index in [1.807, 2.05) is 66.7 Å². The first-order valence-electron chi connectivity index (χ1n) is 11.8. The molecule has 0 fully saturated rings. The number of nitrogens with zero attached hydrogens (tertiary/aromatic N) is 1. The molecule has 1 unspecified atom stereocenters. The van der Waals surface area contributed by atoms with Gasteiger partial charge in [-0.15, -0.1) is 0 Å². The van der Waals surface area contributed by atoms with Crippen molar-refractivity contribution in [3.05, 3.63) is 83.6 Å². The minimum absolute atomic E-state index is 0.129. The van der Waals surface area contributed by atoms with Crippen molar-refractivity contribution in [2.45, 2.75) is 26.3 Å². The molecule has 0 radical (unpaired) electrons. The zero-order valence-electron chi connectivity index (χ0n) is 19.2. The van der Waals surface area contributed by atoms with Gasteiger partial charge in [0.2, 0.25) is 0 Å². The van der Waals surface area contributed by atoms with E-state index in [4.69, 9.17) is 9.47 Å². The Balaban J connectivity index is 1.61. The summed E-state index contributed by atoms with van der Waals surface area (Å²) in [6.45, 7) is 2.48. The third-order valence-electron chi connectivity index (χ3n) is 7.00. The summed E-state index contributed by atoms with van der Waals surface area (Å²) in [5, 5.41) is 2.78. The molecule has 3 heterocycles. The van der Waals surface area contributed by atoms with Crippen LogP contribution < -0.4 is 0 Å². The Bertz CT molecular complexity index is 1570. The fraction of sp³-hybridized carbons (Fsp3) is 0.207. The van der Waals surface area contributed by atoms with Crippen molar-refractivity contribution in [1.29, 1.82) is 0 Å². The number of fused-ring (bicyclic) bond motifs is 4. The van der Waals surface area contributed by atoms with Gasteiger partial charge in [0, 0.05) is 41.5 Å². The van der Waals surface area contributed by atoms with Crippen LogP contribution in [0.5, 0.6) is 0 Å². The third kappa shape index (κ3) is 3.44.